The van der Waals surface area contributed by atoms with Crippen LogP contribution in [0.15, 0.2) is 36.4 Å². The second-order valence-electron chi connectivity index (χ2n) is 7.08. The first-order valence-corrected chi connectivity index (χ1v) is 9.26. The third kappa shape index (κ3) is 4.51. The summed E-state index contributed by atoms with van der Waals surface area (Å²) in [4.78, 5) is 24.3. The number of anilines is 1. The fourth-order valence-electron chi connectivity index (χ4n) is 3.52. The summed E-state index contributed by atoms with van der Waals surface area (Å²) >= 11 is 0. The maximum Gasteiger partial charge on any atom is 0.243 e. The lowest BCUT2D eigenvalue weighted by molar-refractivity contribution is -0.123. The minimum absolute atomic E-state index is 0.0163. The molecular weight excluding hydrogens is 324 g/mol. The Morgan fingerprint density at radius 1 is 0.923 bits per heavy atom. The lowest BCUT2D eigenvalue weighted by atomic mass is 9.90. The topological polar surface area (TPSA) is 58.2 Å². The van der Waals surface area contributed by atoms with Gasteiger partial charge in [-0.1, -0.05) is 36.4 Å². The number of fused-ring (bicyclic) bond motifs is 1. The normalized spacial score (nSPS) is 13.0. The molecule has 0 fully saturated rings. The van der Waals surface area contributed by atoms with Gasteiger partial charge in [0.2, 0.25) is 11.8 Å². The summed E-state index contributed by atoms with van der Waals surface area (Å²) in [6.45, 7) is 3.89. The number of nitrogens with one attached hydrogen (secondary N) is 2. The molecule has 4 nitrogen and oxygen atoms in total. The summed E-state index contributed by atoms with van der Waals surface area (Å²) in [6, 6.07) is 12.2. The van der Waals surface area contributed by atoms with Crippen LogP contribution in [0, 0.1) is 13.8 Å². The van der Waals surface area contributed by atoms with Crippen LogP contribution in [-0.4, -0.2) is 18.4 Å². The van der Waals surface area contributed by atoms with Gasteiger partial charge in [-0.2, -0.15) is 0 Å². The lowest BCUT2D eigenvalue weighted by Gasteiger charge is -2.16. The van der Waals surface area contributed by atoms with Crippen LogP contribution in [0.25, 0.3) is 0 Å². The van der Waals surface area contributed by atoms with Crippen LogP contribution in [0.4, 0.5) is 5.69 Å². The molecule has 4 heteroatoms. The number of hydrogen-bond donors (Lipinski definition) is 2. The molecule has 136 valence electrons. The van der Waals surface area contributed by atoms with E-state index in [-0.39, 0.29) is 18.4 Å². The van der Waals surface area contributed by atoms with E-state index in [1.54, 1.807) is 0 Å². The van der Waals surface area contributed by atoms with E-state index in [0.29, 0.717) is 6.42 Å². The van der Waals surface area contributed by atoms with Gasteiger partial charge in [-0.25, -0.2) is 0 Å². The van der Waals surface area contributed by atoms with Gasteiger partial charge in [-0.05, 0) is 67.3 Å². The van der Waals surface area contributed by atoms with Gasteiger partial charge < -0.3 is 10.6 Å². The molecule has 0 saturated heterocycles. The molecule has 3 rings (SSSR count). The Morgan fingerprint density at radius 2 is 1.62 bits per heavy atom. The lowest BCUT2D eigenvalue weighted by Crippen LogP contribution is -2.34. The molecule has 0 spiro atoms. The fraction of sp³-hybridized carbons (Fsp3) is 0.364. The number of carbonyl (C=O) groups is 2. The molecule has 1 aliphatic carbocycles. The first kappa shape index (κ1) is 18.2. The van der Waals surface area contributed by atoms with Crippen LogP contribution >= 0.6 is 0 Å². The molecule has 2 N–H and O–H groups in total. The Kier molecular flexibility index (Phi) is 5.71. The monoisotopic (exact) mass is 350 g/mol. The smallest absolute Gasteiger partial charge is 0.243 e. The van der Waals surface area contributed by atoms with Crippen LogP contribution in [0.3, 0.4) is 0 Å². The second kappa shape index (κ2) is 8.17. The molecule has 0 atom stereocenters. The first-order valence-electron chi connectivity index (χ1n) is 9.26. The van der Waals surface area contributed by atoms with Crippen molar-refractivity contribution in [1.29, 1.82) is 0 Å². The number of benzene rings is 2. The van der Waals surface area contributed by atoms with Crippen molar-refractivity contribution >= 4 is 17.5 Å². The Morgan fingerprint density at radius 3 is 2.35 bits per heavy atom. The number of rotatable bonds is 5. The van der Waals surface area contributed by atoms with E-state index in [0.717, 1.165) is 35.2 Å². The van der Waals surface area contributed by atoms with Gasteiger partial charge in [-0.15, -0.1) is 0 Å². The van der Waals surface area contributed by atoms with E-state index < -0.39 is 0 Å². The average molecular weight is 350 g/mol. The third-order valence-corrected chi connectivity index (χ3v) is 4.97. The SMILES string of the molecule is Cc1cccc(C)c1NC(=O)CNC(=O)Cc1ccc2c(c1)CCCC2. The zero-order chi connectivity index (χ0) is 18.5. The Bertz CT molecular complexity index is 807. The van der Waals surface area contributed by atoms with Gasteiger partial charge in [0.25, 0.3) is 0 Å². The number of para-hydroxylation sites is 1. The zero-order valence-electron chi connectivity index (χ0n) is 15.5. The van der Waals surface area contributed by atoms with E-state index in [2.05, 4.69) is 22.8 Å². The van der Waals surface area contributed by atoms with Crippen LogP contribution in [0.1, 0.15) is 40.7 Å². The van der Waals surface area contributed by atoms with Crippen LogP contribution < -0.4 is 10.6 Å². The molecule has 0 bridgehead atoms. The van der Waals surface area contributed by atoms with Crippen molar-refractivity contribution in [3.8, 4) is 0 Å². The van der Waals surface area contributed by atoms with E-state index in [1.807, 2.05) is 38.1 Å². The highest BCUT2D eigenvalue weighted by Gasteiger charge is 2.12. The Hall–Kier alpha value is -2.62. The third-order valence-electron chi connectivity index (χ3n) is 4.97. The van der Waals surface area contributed by atoms with Crippen LogP contribution in [-0.2, 0) is 28.9 Å². The van der Waals surface area contributed by atoms with Crippen molar-refractivity contribution in [3.63, 3.8) is 0 Å². The summed E-state index contributed by atoms with van der Waals surface area (Å²) in [5.41, 5.74) is 6.64. The molecule has 0 heterocycles. The predicted molar refractivity (Wildman–Crippen MR) is 104 cm³/mol. The van der Waals surface area contributed by atoms with Gasteiger partial charge >= 0.3 is 0 Å². The Balaban J connectivity index is 1.51. The molecule has 0 saturated carbocycles. The van der Waals surface area contributed by atoms with Crippen LogP contribution in [0.5, 0.6) is 0 Å². The standard InChI is InChI=1S/C22H26N2O2/c1-15-6-5-7-16(2)22(15)24-21(26)14-23-20(25)13-17-10-11-18-8-3-4-9-19(18)12-17/h5-7,10-12H,3-4,8-9,13-14H2,1-2H3,(H,23,25)(H,24,26). The average Bonchev–Trinajstić information content (AvgIpc) is 2.63. The molecule has 26 heavy (non-hydrogen) atoms. The number of aryl methyl sites for hydroxylation is 4. The first-order chi connectivity index (χ1) is 12.5. The highest BCUT2D eigenvalue weighted by Crippen LogP contribution is 2.22. The van der Waals surface area contributed by atoms with Gasteiger partial charge in [0, 0.05) is 5.69 Å². The van der Waals surface area contributed by atoms with Crippen molar-refractivity contribution in [2.75, 3.05) is 11.9 Å². The van der Waals surface area contributed by atoms with E-state index in [1.165, 1.54) is 24.0 Å². The van der Waals surface area contributed by atoms with Crippen LogP contribution in [0.2, 0.25) is 0 Å². The molecule has 0 unspecified atom stereocenters. The molecule has 0 aliphatic heterocycles. The van der Waals surface area contributed by atoms with Gasteiger partial charge in [-0.3, -0.25) is 9.59 Å². The maximum absolute atomic E-state index is 12.2. The van der Waals surface area contributed by atoms with E-state index in [4.69, 9.17) is 0 Å². The Labute approximate surface area is 155 Å². The maximum atomic E-state index is 12.2. The highest BCUT2D eigenvalue weighted by atomic mass is 16.2. The van der Waals surface area contributed by atoms with E-state index in [9.17, 15) is 9.59 Å². The van der Waals surface area contributed by atoms with Crippen molar-refractivity contribution in [1.82, 2.24) is 5.32 Å². The molecule has 2 amide bonds. The summed E-state index contributed by atoms with van der Waals surface area (Å²) in [5, 5.41) is 5.60. The number of carbonyl (C=O) groups excluding carboxylic acids is 2. The molecule has 2 aromatic carbocycles. The quantitative estimate of drug-likeness (QED) is 0.867. The van der Waals surface area contributed by atoms with Gasteiger partial charge in [0.15, 0.2) is 0 Å². The minimum Gasteiger partial charge on any atom is -0.347 e. The number of amides is 2. The highest BCUT2D eigenvalue weighted by molar-refractivity contribution is 5.95. The second-order valence-corrected chi connectivity index (χ2v) is 7.08. The van der Waals surface area contributed by atoms with Gasteiger partial charge in [0.1, 0.15) is 0 Å². The van der Waals surface area contributed by atoms with Gasteiger partial charge in [0.05, 0.1) is 13.0 Å². The molecular formula is C22H26N2O2. The molecule has 1 aliphatic rings. The zero-order valence-corrected chi connectivity index (χ0v) is 15.5. The van der Waals surface area contributed by atoms with Crippen molar-refractivity contribution < 1.29 is 9.59 Å². The summed E-state index contributed by atoms with van der Waals surface area (Å²) < 4.78 is 0. The van der Waals surface area contributed by atoms with Crippen molar-refractivity contribution in [2.24, 2.45) is 0 Å². The summed E-state index contributed by atoms with van der Waals surface area (Å²) in [7, 11) is 0. The van der Waals surface area contributed by atoms with Crippen molar-refractivity contribution in [2.45, 2.75) is 46.0 Å². The molecule has 0 radical (unpaired) electrons. The van der Waals surface area contributed by atoms with E-state index >= 15 is 0 Å². The largest absolute Gasteiger partial charge is 0.347 e. The molecule has 2 aromatic rings. The summed E-state index contributed by atoms with van der Waals surface area (Å²) in [5.74, 6) is -0.335. The molecule has 0 aromatic heterocycles. The predicted octanol–water partition coefficient (Wildman–Crippen LogP) is 3.48. The number of hydrogen-bond acceptors (Lipinski definition) is 2. The van der Waals surface area contributed by atoms with Crippen molar-refractivity contribution in [3.05, 3.63) is 64.2 Å². The fourth-order valence-corrected chi connectivity index (χ4v) is 3.52. The minimum atomic E-state index is -0.207. The summed E-state index contributed by atoms with van der Waals surface area (Å²) in [6.07, 6.45) is 5.02.